The van der Waals surface area contributed by atoms with Gasteiger partial charge in [-0.3, -0.25) is 5.10 Å². The van der Waals surface area contributed by atoms with E-state index in [1.807, 2.05) is 29.8 Å². The summed E-state index contributed by atoms with van der Waals surface area (Å²) in [5, 5.41) is 9.32. The molecule has 0 saturated carbocycles. The number of hydrogen-bond donors (Lipinski definition) is 1. The lowest BCUT2D eigenvalue weighted by Gasteiger charge is -2.11. The van der Waals surface area contributed by atoms with Crippen molar-refractivity contribution in [2.75, 3.05) is 0 Å². The number of benzene rings is 2. The van der Waals surface area contributed by atoms with Crippen molar-refractivity contribution in [1.29, 1.82) is 0 Å². The van der Waals surface area contributed by atoms with Gasteiger partial charge in [0, 0.05) is 7.05 Å². The first-order valence-electron chi connectivity index (χ1n) is 6.38. The van der Waals surface area contributed by atoms with Gasteiger partial charge in [0.2, 0.25) is 0 Å². The predicted molar refractivity (Wildman–Crippen MR) is 81.4 cm³/mol. The normalized spacial score (nSPS) is 10.9. The quantitative estimate of drug-likeness (QED) is 0.749. The molecule has 0 amide bonds. The van der Waals surface area contributed by atoms with E-state index in [0.29, 0.717) is 11.4 Å². The number of hydrogen-bond acceptors (Lipinski definition) is 3. The van der Waals surface area contributed by atoms with E-state index in [1.165, 1.54) is 10.8 Å². The van der Waals surface area contributed by atoms with Crippen LogP contribution in [-0.4, -0.2) is 14.8 Å². The Morgan fingerprint density at radius 1 is 1.25 bits per heavy atom. The molecule has 2 aromatic carbocycles. The highest BCUT2D eigenvalue weighted by atomic mass is 32.1. The van der Waals surface area contributed by atoms with Gasteiger partial charge in [-0.25, -0.2) is 0 Å². The summed E-state index contributed by atoms with van der Waals surface area (Å²) in [6, 6.07) is 12.4. The molecule has 1 N–H and O–H groups in total. The fourth-order valence-electron chi connectivity index (χ4n) is 2.21. The zero-order valence-corrected chi connectivity index (χ0v) is 12.2. The minimum atomic E-state index is 0.392. The second-order valence-electron chi connectivity index (χ2n) is 4.70. The molecule has 0 aliphatic rings. The van der Waals surface area contributed by atoms with Crippen LogP contribution < -0.4 is 4.74 Å². The summed E-state index contributed by atoms with van der Waals surface area (Å²) in [6.07, 6.45) is 0. The van der Waals surface area contributed by atoms with Gasteiger partial charge in [-0.15, -0.1) is 0 Å². The van der Waals surface area contributed by atoms with E-state index in [-0.39, 0.29) is 0 Å². The molecule has 1 aromatic heterocycles. The molecule has 0 spiro atoms. The van der Waals surface area contributed by atoms with Crippen molar-refractivity contribution in [1.82, 2.24) is 14.8 Å². The fraction of sp³-hybridized carbons (Fsp3) is 0.200. The van der Waals surface area contributed by atoms with Crippen LogP contribution in [0.2, 0.25) is 0 Å². The van der Waals surface area contributed by atoms with Gasteiger partial charge >= 0.3 is 0 Å². The molecule has 0 fully saturated rings. The summed E-state index contributed by atoms with van der Waals surface area (Å²) in [5.74, 6) is 1.65. The van der Waals surface area contributed by atoms with E-state index < -0.39 is 0 Å². The highest BCUT2D eigenvalue weighted by Gasteiger charge is 2.07. The zero-order valence-electron chi connectivity index (χ0n) is 11.4. The Hall–Kier alpha value is -2.14. The SMILES string of the molecule is Cc1c(OCc2n[nH]c(=S)n2C)ccc2ccccc12. The van der Waals surface area contributed by atoms with Crippen molar-refractivity contribution in [3.05, 3.63) is 52.6 Å². The number of aromatic nitrogens is 3. The Morgan fingerprint density at radius 3 is 2.80 bits per heavy atom. The lowest BCUT2D eigenvalue weighted by molar-refractivity contribution is 0.289. The largest absolute Gasteiger partial charge is 0.485 e. The van der Waals surface area contributed by atoms with Crippen molar-refractivity contribution < 1.29 is 4.74 Å². The molecule has 0 atom stereocenters. The zero-order chi connectivity index (χ0) is 14.1. The van der Waals surface area contributed by atoms with Crippen LogP contribution in [0.4, 0.5) is 0 Å². The van der Waals surface area contributed by atoms with E-state index in [4.69, 9.17) is 17.0 Å². The monoisotopic (exact) mass is 285 g/mol. The Morgan fingerprint density at radius 2 is 2.05 bits per heavy atom. The Bertz CT molecular complexity index is 819. The van der Waals surface area contributed by atoms with Crippen LogP contribution >= 0.6 is 12.2 Å². The van der Waals surface area contributed by atoms with Gasteiger partial charge in [0.1, 0.15) is 12.4 Å². The van der Waals surface area contributed by atoms with Crippen LogP contribution in [0.1, 0.15) is 11.4 Å². The van der Waals surface area contributed by atoms with E-state index in [9.17, 15) is 0 Å². The molecule has 4 nitrogen and oxygen atoms in total. The van der Waals surface area contributed by atoms with Crippen LogP contribution in [-0.2, 0) is 13.7 Å². The number of H-pyrrole nitrogens is 1. The van der Waals surface area contributed by atoms with Crippen LogP contribution in [0, 0.1) is 11.7 Å². The number of aromatic amines is 1. The molecule has 0 saturated heterocycles. The Labute approximate surface area is 122 Å². The number of aryl methyl sites for hydroxylation is 1. The number of ether oxygens (including phenoxy) is 1. The molecular formula is C15H15N3OS. The van der Waals surface area contributed by atoms with Gasteiger partial charge in [-0.05, 0) is 41.5 Å². The van der Waals surface area contributed by atoms with Crippen molar-refractivity contribution in [3.63, 3.8) is 0 Å². The Kier molecular flexibility index (Phi) is 3.28. The second-order valence-corrected chi connectivity index (χ2v) is 5.09. The molecular weight excluding hydrogens is 270 g/mol. The van der Waals surface area contributed by atoms with E-state index >= 15 is 0 Å². The van der Waals surface area contributed by atoms with Crippen LogP contribution in [0.25, 0.3) is 10.8 Å². The molecule has 3 rings (SSSR count). The maximum atomic E-state index is 5.88. The van der Waals surface area contributed by atoms with Crippen molar-refractivity contribution in [2.24, 2.45) is 7.05 Å². The van der Waals surface area contributed by atoms with Gasteiger partial charge in [0.15, 0.2) is 10.6 Å². The molecule has 102 valence electrons. The molecule has 0 bridgehead atoms. The second kappa shape index (κ2) is 5.09. The average molecular weight is 285 g/mol. The first-order valence-corrected chi connectivity index (χ1v) is 6.79. The molecule has 0 radical (unpaired) electrons. The van der Waals surface area contributed by atoms with Gasteiger partial charge in [-0.1, -0.05) is 30.3 Å². The third-order valence-corrected chi connectivity index (χ3v) is 3.84. The fourth-order valence-corrected chi connectivity index (χ4v) is 2.37. The first-order chi connectivity index (χ1) is 9.66. The number of rotatable bonds is 3. The molecule has 0 aliphatic carbocycles. The summed E-state index contributed by atoms with van der Waals surface area (Å²) in [5.41, 5.74) is 1.14. The van der Waals surface area contributed by atoms with Crippen LogP contribution in [0.15, 0.2) is 36.4 Å². The molecule has 1 heterocycles. The standard InChI is InChI=1S/C15H15N3OS/c1-10-12-6-4-3-5-11(12)7-8-13(10)19-9-14-16-17-15(20)18(14)2/h3-8H,9H2,1-2H3,(H,17,20). The Balaban J connectivity index is 1.90. The molecule has 5 heteroatoms. The first kappa shape index (κ1) is 12.9. The number of fused-ring (bicyclic) bond motifs is 1. The molecule has 20 heavy (non-hydrogen) atoms. The average Bonchev–Trinajstić information content (AvgIpc) is 2.79. The summed E-state index contributed by atoms with van der Waals surface area (Å²) in [6.45, 7) is 2.46. The van der Waals surface area contributed by atoms with Crippen LogP contribution in [0.5, 0.6) is 5.75 Å². The van der Waals surface area contributed by atoms with Crippen molar-refractivity contribution in [3.8, 4) is 5.75 Å². The van der Waals surface area contributed by atoms with Crippen LogP contribution in [0.3, 0.4) is 0 Å². The molecule has 0 aliphatic heterocycles. The van der Waals surface area contributed by atoms with Gasteiger partial charge < -0.3 is 9.30 Å². The number of nitrogens with zero attached hydrogens (tertiary/aromatic N) is 2. The third kappa shape index (κ3) is 2.20. The maximum Gasteiger partial charge on any atom is 0.194 e. The highest BCUT2D eigenvalue weighted by molar-refractivity contribution is 7.71. The summed E-state index contributed by atoms with van der Waals surface area (Å²) < 4.78 is 8.28. The van der Waals surface area contributed by atoms with Gasteiger partial charge in [0.05, 0.1) is 0 Å². The minimum absolute atomic E-state index is 0.392. The van der Waals surface area contributed by atoms with Gasteiger partial charge in [0.25, 0.3) is 0 Å². The van der Waals surface area contributed by atoms with E-state index in [1.54, 1.807) is 0 Å². The van der Waals surface area contributed by atoms with Crippen molar-refractivity contribution >= 4 is 23.0 Å². The molecule has 3 aromatic rings. The van der Waals surface area contributed by atoms with E-state index in [2.05, 4.69) is 35.3 Å². The van der Waals surface area contributed by atoms with Gasteiger partial charge in [-0.2, -0.15) is 5.10 Å². The highest BCUT2D eigenvalue weighted by Crippen LogP contribution is 2.27. The van der Waals surface area contributed by atoms with E-state index in [0.717, 1.165) is 17.1 Å². The third-order valence-electron chi connectivity index (χ3n) is 3.48. The minimum Gasteiger partial charge on any atom is -0.485 e. The lowest BCUT2D eigenvalue weighted by atomic mass is 10.0. The summed E-state index contributed by atoms with van der Waals surface area (Å²) in [7, 11) is 1.87. The van der Waals surface area contributed by atoms with Crippen molar-refractivity contribution in [2.45, 2.75) is 13.5 Å². The summed E-state index contributed by atoms with van der Waals surface area (Å²) in [4.78, 5) is 0. The topological polar surface area (TPSA) is 42.8 Å². The lowest BCUT2D eigenvalue weighted by Crippen LogP contribution is -2.04. The summed E-state index contributed by atoms with van der Waals surface area (Å²) >= 11 is 5.08. The maximum absolute atomic E-state index is 5.88. The smallest absolute Gasteiger partial charge is 0.194 e. The molecule has 0 unspecified atom stereocenters. The predicted octanol–water partition coefficient (Wildman–Crippen LogP) is 3.52. The number of nitrogens with one attached hydrogen (secondary N) is 1.